The minimum Gasteiger partial charge on any atom is -0.306 e. The zero-order chi connectivity index (χ0) is 19.0. The first-order chi connectivity index (χ1) is 13.0. The Morgan fingerprint density at radius 2 is 1.89 bits per heavy atom. The fourth-order valence-corrected chi connectivity index (χ4v) is 4.23. The molecule has 5 nitrogen and oxygen atoms in total. The molecule has 27 heavy (non-hydrogen) atoms. The molecule has 0 atom stereocenters. The number of hydrogen-bond acceptors (Lipinski definition) is 4. The normalized spacial score (nSPS) is 11.1. The molecule has 6 heteroatoms. The molecular weight excluding hydrogens is 356 g/mol. The van der Waals surface area contributed by atoms with Gasteiger partial charge in [-0.05, 0) is 50.1 Å². The molecule has 0 unspecified atom stereocenters. The van der Waals surface area contributed by atoms with E-state index in [1.165, 1.54) is 16.9 Å². The van der Waals surface area contributed by atoms with Gasteiger partial charge in [0.1, 0.15) is 10.6 Å². The molecule has 0 spiro atoms. The third kappa shape index (κ3) is 3.61. The number of anilines is 1. The van der Waals surface area contributed by atoms with Crippen LogP contribution < -0.4 is 5.32 Å². The minimum absolute atomic E-state index is 0.139. The van der Waals surface area contributed by atoms with E-state index < -0.39 is 0 Å². The van der Waals surface area contributed by atoms with Crippen molar-refractivity contribution in [2.45, 2.75) is 27.3 Å². The second kappa shape index (κ2) is 6.96. The highest BCUT2D eigenvalue weighted by Gasteiger charge is 2.17. The van der Waals surface area contributed by atoms with Crippen LogP contribution in [0.5, 0.6) is 0 Å². The Morgan fingerprint density at radius 1 is 1.11 bits per heavy atom. The summed E-state index contributed by atoms with van der Waals surface area (Å²) in [6.45, 7) is 6.57. The van der Waals surface area contributed by atoms with Crippen molar-refractivity contribution >= 4 is 33.3 Å². The third-order valence-electron chi connectivity index (χ3n) is 4.35. The van der Waals surface area contributed by atoms with Crippen molar-refractivity contribution in [3.05, 3.63) is 75.9 Å². The van der Waals surface area contributed by atoms with E-state index >= 15 is 0 Å². The van der Waals surface area contributed by atoms with Crippen molar-refractivity contribution in [1.82, 2.24) is 14.8 Å². The van der Waals surface area contributed by atoms with E-state index in [0.717, 1.165) is 27.2 Å². The van der Waals surface area contributed by atoms with Crippen LogP contribution in [0.1, 0.15) is 32.2 Å². The molecule has 3 heterocycles. The molecule has 4 aromatic rings. The Bertz CT molecular complexity index is 1110. The number of nitrogens with zero attached hydrogens (tertiary/aromatic N) is 3. The van der Waals surface area contributed by atoms with Gasteiger partial charge in [-0.1, -0.05) is 30.3 Å². The molecule has 1 amide bonds. The summed E-state index contributed by atoms with van der Waals surface area (Å²) in [4.78, 5) is 18.8. The quantitative estimate of drug-likeness (QED) is 0.561. The summed E-state index contributed by atoms with van der Waals surface area (Å²) >= 11 is 1.46. The lowest BCUT2D eigenvalue weighted by Gasteiger charge is -2.05. The average Bonchev–Trinajstić information content (AvgIpc) is 3.17. The number of carbonyl (C=O) groups excluding carboxylic acids is 1. The maximum Gasteiger partial charge on any atom is 0.266 e. The maximum atomic E-state index is 12.7. The van der Waals surface area contributed by atoms with Crippen LogP contribution in [-0.2, 0) is 6.54 Å². The first-order valence-corrected chi connectivity index (χ1v) is 9.59. The Morgan fingerprint density at radius 3 is 2.63 bits per heavy atom. The molecule has 0 bridgehead atoms. The molecule has 0 fully saturated rings. The second-order valence-corrected chi connectivity index (χ2v) is 7.71. The number of hydrogen-bond donors (Lipinski definition) is 1. The van der Waals surface area contributed by atoms with Gasteiger partial charge in [0.15, 0.2) is 0 Å². The molecule has 0 saturated carbocycles. The second-order valence-electron chi connectivity index (χ2n) is 6.68. The van der Waals surface area contributed by atoms with Crippen LogP contribution in [0.25, 0.3) is 10.2 Å². The van der Waals surface area contributed by atoms with E-state index in [-0.39, 0.29) is 5.91 Å². The predicted molar refractivity (Wildman–Crippen MR) is 110 cm³/mol. The van der Waals surface area contributed by atoms with E-state index in [1.807, 2.05) is 61.9 Å². The summed E-state index contributed by atoms with van der Waals surface area (Å²) in [7, 11) is 0. The summed E-state index contributed by atoms with van der Waals surface area (Å²) in [5, 5.41) is 8.57. The summed E-state index contributed by atoms with van der Waals surface area (Å²) in [6.07, 6.45) is 0. The summed E-state index contributed by atoms with van der Waals surface area (Å²) in [5.41, 5.74) is 4.07. The van der Waals surface area contributed by atoms with Crippen molar-refractivity contribution < 1.29 is 4.79 Å². The Kier molecular flexibility index (Phi) is 4.49. The van der Waals surface area contributed by atoms with Crippen molar-refractivity contribution in [3.8, 4) is 0 Å². The van der Waals surface area contributed by atoms with Gasteiger partial charge < -0.3 is 5.32 Å². The van der Waals surface area contributed by atoms with E-state index in [2.05, 4.69) is 27.5 Å². The number of aromatic nitrogens is 3. The topological polar surface area (TPSA) is 59.8 Å². The monoisotopic (exact) mass is 376 g/mol. The van der Waals surface area contributed by atoms with Gasteiger partial charge in [-0.3, -0.25) is 9.48 Å². The van der Waals surface area contributed by atoms with Crippen molar-refractivity contribution in [3.63, 3.8) is 0 Å². The molecule has 0 aliphatic heterocycles. The summed E-state index contributed by atoms with van der Waals surface area (Å²) in [5.74, 6) is 0.442. The lowest BCUT2D eigenvalue weighted by molar-refractivity contribution is 0.103. The van der Waals surface area contributed by atoms with Crippen LogP contribution in [0, 0.1) is 20.8 Å². The maximum absolute atomic E-state index is 12.7. The fraction of sp³-hybridized carbons (Fsp3) is 0.190. The van der Waals surface area contributed by atoms with Gasteiger partial charge in [0.2, 0.25) is 0 Å². The zero-order valence-electron chi connectivity index (χ0n) is 15.5. The van der Waals surface area contributed by atoms with Gasteiger partial charge in [0.05, 0.1) is 17.1 Å². The molecular formula is C21H20N4OS. The summed E-state index contributed by atoms with van der Waals surface area (Å²) < 4.78 is 1.97. The number of pyridine rings is 1. The van der Waals surface area contributed by atoms with E-state index in [0.29, 0.717) is 17.2 Å². The highest BCUT2D eigenvalue weighted by molar-refractivity contribution is 7.20. The number of fused-ring (bicyclic) bond motifs is 1. The average molecular weight is 376 g/mol. The number of nitrogens with one attached hydrogen (secondary N) is 1. The van der Waals surface area contributed by atoms with Crippen molar-refractivity contribution in [1.29, 1.82) is 0 Å². The van der Waals surface area contributed by atoms with Gasteiger partial charge in [0, 0.05) is 11.1 Å². The van der Waals surface area contributed by atoms with Gasteiger partial charge >= 0.3 is 0 Å². The Balaban J connectivity index is 1.63. The lowest BCUT2D eigenvalue weighted by atomic mass is 10.2. The molecule has 0 aliphatic carbocycles. The van der Waals surface area contributed by atoms with Crippen molar-refractivity contribution in [2.24, 2.45) is 0 Å². The SMILES string of the molecule is Cc1cc(C)nc(NC(=O)c2cc3c(C)nn(Cc4ccccc4)c3s2)c1. The fourth-order valence-electron chi connectivity index (χ4n) is 3.17. The third-order valence-corrected chi connectivity index (χ3v) is 5.49. The highest BCUT2D eigenvalue weighted by Crippen LogP contribution is 2.29. The largest absolute Gasteiger partial charge is 0.306 e. The molecule has 4 rings (SSSR count). The Hall–Kier alpha value is -2.99. The van der Waals surface area contributed by atoms with Crippen LogP contribution >= 0.6 is 11.3 Å². The standard InChI is InChI=1S/C21H20N4OS/c1-13-9-14(2)22-19(10-13)23-20(26)18-11-17-15(3)24-25(21(17)27-18)12-16-7-5-4-6-8-16/h4-11H,12H2,1-3H3,(H,22,23,26). The van der Waals surface area contributed by atoms with Gasteiger partial charge in [-0.2, -0.15) is 5.10 Å². The number of aryl methyl sites for hydroxylation is 3. The molecule has 0 aliphatic rings. The number of benzene rings is 1. The summed E-state index contributed by atoms with van der Waals surface area (Å²) in [6, 6.07) is 16.0. The van der Waals surface area contributed by atoms with Crippen LogP contribution in [-0.4, -0.2) is 20.7 Å². The van der Waals surface area contributed by atoms with E-state index in [9.17, 15) is 4.79 Å². The zero-order valence-corrected chi connectivity index (χ0v) is 16.3. The molecule has 3 aromatic heterocycles. The number of carbonyl (C=O) groups is 1. The van der Waals surface area contributed by atoms with Crippen molar-refractivity contribution in [2.75, 3.05) is 5.32 Å². The van der Waals surface area contributed by atoms with E-state index in [4.69, 9.17) is 0 Å². The van der Waals surface area contributed by atoms with Crippen LogP contribution in [0.15, 0.2) is 48.5 Å². The van der Waals surface area contributed by atoms with Gasteiger partial charge in [0.25, 0.3) is 5.91 Å². The van der Waals surface area contributed by atoms with Crippen LogP contribution in [0.2, 0.25) is 0 Å². The number of amides is 1. The predicted octanol–water partition coefficient (Wildman–Crippen LogP) is 4.72. The molecule has 136 valence electrons. The first-order valence-electron chi connectivity index (χ1n) is 8.77. The van der Waals surface area contributed by atoms with Crippen LogP contribution in [0.3, 0.4) is 0 Å². The van der Waals surface area contributed by atoms with E-state index in [1.54, 1.807) is 0 Å². The van der Waals surface area contributed by atoms with Gasteiger partial charge in [-0.25, -0.2) is 4.98 Å². The molecule has 1 aromatic carbocycles. The highest BCUT2D eigenvalue weighted by atomic mass is 32.1. The lowest BCUT2D eigenvalue weighted by Crippen LogP contribution is -2.12. The smallest absolute Gasteiger partial charge is 0.266 e. The first kappa shape index (κ1) is 17.4. The Labute approximate surface area is 161 Å². The molecule has 0 saturated heterocycles. The number of thiophene rings is 1. The molecule has 1 N–H and O–H groups in total. The van der Waals surface area contributed by atoms with Crippen LogP contribution in [0.4, 0.5) is 5.82 Å². The van der Waals surface area contributed by atoms with Gasteiger partial charge in [-0.15, -0.1) is 11.3 Å². The minimum atomic E-state index is -0.139. The molecule has 0 radical (unpaired) electrons. The number of rotatable bonds is 4.